The molecule has 4 heteroatoms. The molecule has 1 saturated heterocycles. The summed E-state index contributed by atoms with van der Waals surface area (Å²) in [5, 5.41) is 0. The maximum absolute atomic E-state index is 2.71. The molecule has 0 radical (unpaired) electrons. The zero-order valence-corrected chi connectivity index (χ0v) is 18.1. The van der Waals surface area contributed by atoms with Gasteiger partial charge in [-0.15, -0.1) is 24.8 Å². The van der Waals surface area contributed by atoms with Crippen LogP contribution in [-0.2, 0) is 6.54 Å². The van der Waals surface area contributed by atoms with Crippen LogP contribution in [0.4, 0.5) is 0 Å². The Morgan fingerprint density at radius 3 is 2.00 bits per heavy atom. The Morgan fingerprint density at radius 2 is 1.28 bits per heavy atom. The van der Waals surface area contributed by atoms with Gasteiger partial charge in [0.2, 0.25) is 0 Å². The highest BCUT2D eigenvalue weighted by Gasteiger charge is 2.36. The molecule has 0 aromatic heterocycles. The van der Waals surface area contributed by atoms with Crippen molar-refractivity contribution in [3.05, 3.63) is 107 Å². The third kappa shape index (κ3) is 4.51. The summed E-state index contributed by atoms with van der Waals surface area (Å²) in [6, 6.07) is 31.5. The number of nitrogens with zero attached hydrogens (tertiary/aromatic N) is 2. The summed E-state index contributed by atoms with van der Waals surface area (Å²) >= 11 is 0. The molecule has 2 atom stereocenters. The topological polar surface area (TPSA) is 6.48 Å². The largest absolute Gasteiger partial charge is 0.296 e. The fraction of sp³-hybridized carbons (Fsp3) is 0.280. The number of hydrogen-bond donors (Lipinski definition) is 0. The zero-order valence-electron chi connectivity index (χ0n) is 16.5. The molecule has 0 aliphatic carbocycles. The van der Waals surface area contributed by atoms with Gasteiger partial charge in [0.15, 0.2) is 0 Å². The maximum atomic E-state index is 2.71. The second-order valence-electron chi connectivity index (χ2n) is 7.82. The first-order valence-electron chi connectivity index (χ1n) is 10.0. The number of piperazine rings is 1. The standard InChI is InChI=1S/C25H26N2.2ClH/c1-3-9-20(10-4-1)17-26-15-16-27-18-24(21-11-5-2-6-12-21)22-13-7-8-14-23(22)25(27)19-26;;/h1-14,24-25H,15-19H2;2*1H/t24-,25-;;/m1../s1. The second kappa shape index (κ2) is 9.77. The Kier molecular flexibility index (Phi) is 7.37. The summed E-state index contributed by atoms with van der Waals surface area (Å²) in [5.41, 5.74) is 5.90. The van der Waals surface area contributed by atoms with Gasteiger partial charge in [0.25, 0.3) is 0 Å². The molecule has 2 aliphatic heterocycles. The molecule has 0 spiro atoms. The number of halogens is 2. The molecule has 2 heterocycles. The summed E-state index contributed by atoms with van der Waals surface area (Å²) in [6.07, 6.45) is 0. The first kappa shape index (κ1) is 21.9. The third-order valence-corrected chi connectivity index (χ3v) is 6.17. The normalized spacial score (nSPS) is 21.2. The fourth-order valence-corrected chi connectivity index (χ4v) is 4.81. The first-order valence-corrected chi connectivity index (χ1v) is 10.0. The van der Waals surface area contributed by atoms with E-state index in [1.807, 2.05) is 0 Å². The van der Waals surface area contributed by atoms with Gasteiger partial charge < -0.3 is 0 Å². The van der Waals surface area contributed by atoms with Crippen LogP contribution >= 0.6 is 24.8 Å². The molecule has 1 fully saturated rings. The van der Waals surface area contributed by atoms with E-state index in [9.17, 15) is 0 Å². The van der Waals surface area contributed by atoms with Crippen LogP contribution in [0, 0.1) is 0 Å². The molecule has 3 aromatic rings. The summed E-state index contributed by atoms with van der Waals surface area (Å²) < 4.78 is 0. The lowest BCUT2D eigenvalue weighted by molar-refractivity contribution is 0.0585. The van der Waals surface area contributed by atoms with Crippen molar-refractivity contribution in [2.24, 2.45) is 0 Å². The molecule has 0 bridgehead atoms. The minimum absolute atomic E-state index is 0. The molecule has 3 aromatic carbocycles. The molecule has 0 N–H and O–H groups in total. The summed E-state index contributed by atoms with van der Waals surface area (Å²) in [6.45, 7) is 5.60. The maximum Gasteiger partial charge on any atom is 0.0479 e. The predicted octanol–water partition coefficient (Wildman–Crippen LogP) is 5.53. The molecular weight excluding hydrogens is 399 g/mol. The van der Waals surface area contributed by atoms with Gasteiger partial charge in [-0.3, -0.25) is 9.80 Å². The van der Waals surface area contributed by atoms with Crippen LogP contribution in [-0.4, -0.2) is 36.0 Å². The van der Waals surface area contributed by atoms with Crippen molar-refractivity contribution in [2.45, 2.75) is 18.5 Å². The van der Waals surface area contributed by atoms with Gasteiger partial charge in [-0.25, -0.2) is 0 Å². The molecular formula is C25H28Cl2N2. The quantitative estimate of drug-likeness (QED) is 0.542. The van der Waals surface area contributed by atoms with Crippen LogP contribution < -0.4 is 0 Å². The Balaban J connectivity index is 0.00000120. The number of rotatable bonds is 3. The van der Waals surface area contributed by atoms with Crippen molar-refractivity contribution >= 4 is 24.8 Å². The van der Waals surface area contributed by atoms with Gasteiger partial charge in [-0.1, -0.05) is 84.9 Å². The minimum atomic E-state index is 0. The Bertz CT molecular complexity index is 901. The van der Waals surface area contributed by atoms with Crippen molar-refractivity contribution in [3.8, 4) is 0 Å². The highest BCUT2D eigenvalue weighted by molar-refractivity contribution is 5.85. The lowest BCUT2D eigenvalue weighted by Gasteiger charge is -2.47. The monoisotopic (exact) mass is 426 g/mol. The minimum Gasteiger partial charge on any atom is -0.296 e. The van der Waals surface area contributed by atoms with Gasteiger partial charge in [-0.2, -0.15) is 0 Å². The summed E-state index contributed by atoms with van der Waals surface area (Å²) in [5.74, 6) is 0.485. The molecule has 5 rings (SSSR count). The molecule has 2 nitrogen and oxygen atoms in total. The van der Waals surface area contributed by atoms with Gasteiger partial charge in [0.05, 0.1) is 0 Å². The van der Waals surface area contributed by atoms with E-state index < -0.39 is 0 Å². The van der Waals surface area contributed by atoms with E-state index in [1.54, 1.807) is 0 Å². The lowest BCUT2D eigenvalue weighted by Crippen LogP contribution is -2.51. The smallest absolute Gasteiger partial charge is 0.0479 e. The molecule has 0 saturated carbocycles. The first-order chi connectivity index (χ1) is 13.4. The van der Waals surface area contributed by atoms with Crippen LogP contribution in [0.1, 0.15) is 34.2 Å². The van der Waals surface area contributed by atoms with Crippen molar-refractivity contribution in [1.82, 2.24) is 9.80 Å². The van der Waals surface area contributed by atoms with Gasteiger partial charge in [0.1, 0.15) is 0 Å². The van der Waals surface area contributed by atoms with Gasteiger partial charge >= 0.3 is 0 Å². The van der Waals surface area contributed by atoms with E-state index in [4.69, 9.17) is 0 Å². The highest BCUT2D eigenvalue weighted by Crippen LogP contribution is 2.40. The molecule has 29 heavy (non-hydrogen) atoms. The summed E-state index contributed by atoms with van der Waals surface area (Å²) in [7, 11) is 0. The number of fused-ring (bicyclic) bond motifs is 3. The van der Waals surface area contributed by atoms with Crippen molar-refractivity contribution in [2.75, 3.05) is 26.2 Å². The van der Waals surface area contributed by atoms with Crippen LogP contribution in [0.5, 0.6) is 0 Å². The van der Waals surface area contributed by atoms with E-state index in [0.717, 1.165) is 32.7 Å². The number of benzene rings is 3. The Labute approximate surface area is 186 Å². The van der Waals surface area contributed by atoms with Crippen molar-refractivity contribution in [3.63, 3.8) is 0 Å². The van der Waals surface area contributed by atoms with Crippen molar-refractivity contribution < 1.29 is 0 Å². The van der Waals surface area contributed by atoms with Crippen LogP contribution in [0.25, 0.3) is 0 Å². The molecule has 2 aliphatic rings. The average molecular weight is 427 g/mol. The Hall–Kier alpha value is -1.84. The SMILES string of the molecule is Cl.Cl.c1ccc(CN2CCN3C[C@H](c4ccccc4)c4ccccc4[C@H]3C2)cc1. The highest BCUT2D eigenvalue weighted by atomic mass is 35.5. The van der Waals surface area contributed by atoms with E-state index >= 15 is 0 Å². The molecule has 152 valence electrons. The predicted molar refractivity (Wildman–Crippen MR) is 125 cm³/mol. The van der Waals surface area contributed by atoms with E-state index in [2.05, 4.69) is 94.7 Å². The van der Waals surface area contributed by atoms with Crippen LogP contribution in [0.3, 0.4) is 0 Å². The van der Waals surface area contributed by atoms with E-state index in [0.29, 0.717) is 12.0 Å². The zero-order chi connectivity index (χ0) is 18.1. The average Bonchev–Trinajstić information content (AvgIpc) is 2.75. The number of hydrogen-bond acceptors (Lipinski definition) is 2. The second-order valence-corrected chi connectivity index (χ2v) is 7.82. The third-order valence-electron chi connectivity index (χ3n) is 6.17. The fourth-order valence-electron chi connectivity index (χ4n) is 4.81. The molecule has 0 unspecified atom stereocenters. The van der Waals surface area contributed by atoms with Crippen LogP contribution in [0.15, 0.2) is 84.9 Å². The van der Waals surface area contributed by atoms with Crippen molar-refractivity contribution in [1.29, 1.82) is 0 Å². The van der Waals surface area contributed by atoms with Gasteiger partial charge in [-0.05, 0) is 22.3 Å². The Morgan fingerprint density at radius 1 is 0.655 bits per heavy atom. The lowest BCUT2D eigenvalue weighted by atomic mass is 9.80. The van der Waals surface area contributed by atoms with E-state index in [1.165, 1.54) is 22.3 Å². The van der Waals surface area contributed by atoms with E-state index in [-0.39, 0.29) is 24.8 Å². The van der Waals surface area contributed by atoms with Crippen LogP contribution in [0.2, 0.25) is 0 Å². The molecule has 0 amide bonds. The van der Waals surface area contributed by atoms with Gasteiger partial charge in [0, 0.05) is 44.7 Å². The summed E-state index contributed by atoms with van der Waals surface area (Å²) in [4.78, 5) is 5.33.